The third kappa shape index (κ3) is 3.37. The van der Waals surface area contributed by atoms with Gasteiger partial charge in [0.1, 0.15) is 29.2 Å². The number of aryl methyl sites for hydroxylation is 1. The molecule has 2 heterocycles. The summed E-state index contributed by atoms with van der Waals surface area (Å²) < 4.78 is 26.8. The SMILES string of the molecule is Cc1cc(C(F)F)nc(SCn2cc([N+](=O)[O-])cn2)c1C#N. The zero-order chi connectivity index (χ0) is 16.3. The minimum absolute atomic E-state index is 0.113. The minimum Gasteiger partial charge on any atom is -0.258 e. The van der Waals surface area contributed by atoms with E-state index in [1.807, 2.05) is 6.07 Å². The predicted molar refractivity (Wildman–Crippen MR) is 73.4 cm³/mol. The van der Waals surface area contributed by atoms with Crippen LogP contribution in [0.4, 0.5) is 14.5 Å². The largest absolute Gasteiger partial charge is 0.307 e. The second-order valence-electron chi connectivity index (χ2n) is 4.23. The molecule has 0 saturated heterocycles. The molecule has 0 unspecified atom stereocenters. The van der Waals surface area contributed by atoms with Crippen LogP contribution in [0, 0.1) is 28.4 Å². The molecule has 0 aliphatic heterocycles. The van der Waals surface area contributed by atoms with E-state index in [4.69, 9.17) is 5.26 Å². The number of nitro groups is 1. The lowest BCUT2D eigenvalue weighted by molar-refractivity contribution is -0.385. The number of rotatable bonds is 5. The van der Waals surface area contributed by atoms with Gasteiger partial charge in [0.15, 0.2) is 0 Å². The summed E-state index contributed by atoms with van der Waals surface area (Å²) in [5.74, 6) is 0.113. The third-order valence-electron chi connectivity index (χ3n) is 2.70. The van der Waals surface area contributed by atoms with Gasteiger partial charge in [-0.2, -0.15) is 10.4 Å². The van der Waals surface area contributed by atoms with Gasteiger partial charge in [0.25, 0.3) is 6.43 Å². The summed E-state index contributed by atoms with van der Waals surface area (Å²) in [4.78, 5) is 13.7. The fraction of sp³-hybridized carbons (Fsp3) is 0.250. The first-order valence-corrected chi connectivity index (χ1v) is 6.90. The first-order chi connectivity index (χ1) is 10.4. The second kappa shape index (κ2) is 6.48. The maximum Gasteiger partial charge on any atom is 0.307 e. The van der Waals surface area contributed by atoms with E-state index in [1.54, 1.807) is 6.92 Å². The van der Waals surface area contributed by atoms with Crippen molar-refractivity contribution in [1.82, 2.24) is 14.8 Å². The van der Waals surface area contributed by atoms with Crippen LogP contribution in [0.15, 0.2) is 23.5 Å². The molecule has 0 radical (unpaired) electrons. The van der Waals surface area contributed by atoms with Crippen molar-refractivity contribution in [3.8, 4) is 6.07 Å². The molecule has 0 aliphatic rings. The van der Waals surface area contributed by atoms with Crippen molar-refractivity contribution >= 4 is 17.4 Å². The second-order valence-corrected chi connectivity index (χ2v) is 5.16. The summed E-state index contributed by atoms with van der Waals surface area (Å²) in [6.45, 7) is 1.55. The molecule has 0 amide bonds. The first-order valence-electron chi connectivity index (χ1n) is 5.91. The van der Waals surface area contributed by atoms with Crippen LogP contribution in [0.1, 0.15) is 23.2 Å². The topological polar surface area (TPSA) is 97.6 Å². The van der Waals surface area contributed by atoms with E-state index >= 15 is 0 Å². The molecule has 0 fully saturated rings. The van der Waals surface area contributed by atoms with Gasteiger partial charge in [-0.25, -0.2) is 13.8 Å². The summed E-state index contributed by atoms with van der Waals surface area (Å²) in [5, 5.41) is 23.6. The molecule has 10 heteroatoms. The standard InChI is InChI=1S/C12H9F2N5O2S/c1-7-2-10(11(13)14)17-12(9(7)3-15)22-6-18-5-8(4-16-18)19(20)21/h2,4-5,11H,6H2,1H3. The number of thioether (sulfide) groups is 1. The van der Waals surface area contributed by atoms with Gasteiger partial charge in [-0.1, -0.05) is 11.8 Å². The van der Waals surface area contributed by atoms with Crippen LogP contribution in [0.2, 0.25) is 0 Å². The first kappa shape index (κ1) is 15.8. The lowest BCUT2D eigenvalue weighted by Crippen LogP contribution is -2.01. The monoisotopic (exact) mass is 325 g/mol. The highest BCUT2D eigenvalue weighted by molar-refractivity contribution is 7.98. The van der Waals surface area contributed by atoms with Crippen LogP contribution >= 0.6 is 11.8 Å². The van der Waals surface area contributed by atoms with E-state index in [2.05, 4.69) is 10.1 Å². The quantitative estimate of drug-likeness (QED) is 0.476. The Labute approximate surface area is 127 Å². The minimum atomic E-state index is -2.74. The molecule has 0 atom stereocenters. The van der Waals surface area contributed by atoms with Gasteiger partial charge in [0.05, 0.1) is 16.4 Å². The number of hydrogen-bond donors (Lipinski definition) is 0. The van der Waals surface area contributed by atoms with Crippen LogP contribution in [-0.4, -0.2) is 19.7 Å². The molecule has 2 rings (SSSR count). The number of halogens is 2. The van der Waals surface area contributed by atoms with Gasteiger partial charge in [-0.05, 0) is 18.6 Å². The van der Waals surface area contributed by atoms with Crippen LogP contribution < -0.4 is 0 Å². The van der Waals surface area contributed by atoms with Crippen LogP contribution in [-0.2, 0) is 5.88 Å². The fourth-order valence-corrected chi connectivity index (χ4v) is 2.58. The lowest BCUT2D eigenvalue weighted by atomic mass is 10.1. The maximum atomic E-state index is 12.8. The van der Waals surface area contributed by atoms with Gasteiger partial charge in [-0.15, -0.1) is 0 Å². The predicted octanol–water partition coefficient (Wildman–Crippen LogP) is 3.05. The van der Waals surface area contributed by atoms with Gasteiger partial charge in [0, 0.05) is 0 Å². The van der Waals surface area contributed by atoms with Crippen molar-refractivity contribution in [1.29, 1.82) is 5.26 Å². The van der Waals surface area contributed by atoms with Crippen molar-refractivity contribution in [3.63, 3.8) is 0 Å². The van der Waals surface area contributed by atoms with Crippen LogP contribution in [0.3, 0.4) is 0 Å². The van der Waals surface area contributed by atoms with Crippen molar-refractivity contribution in [2.45, 2.75) is 24.3 Å². The Balaban J connectivity index is 2.24. The number of nitrogens with zero attached hydrogens (tertiary/aromatic N) is 5. The Morgan fingerprint density at radius 3 is 2.86 bits per heavy atom. The van der Waals surface area contributed by atoms with Gasteiger partial charge < -0.3 is 0 Å². The Morgan fingerprint density at radius 1 is 1.59 bits per heavy atom. The van der Waals surface area contributed by atoms with E-state index in [0.717, 1.165) is 18.0 Å². The highest BCUT2D eigenvalue weighted by atomic mass is 32.2. The van der Waals surface area contributed by atoms with E-state index in [9.17, 15) is 18.9 Å². The molecule has 114 valence electrons. The molecular weight excluding hydrogens is 316 g/mol. The summed E-state index contributed by atoms with van der Waals surface area (Å²) >= 11 is 1.01. The highest BCUT2D eigenvalue weighted by Crippen LogP contribution is 2.28. The molecule has 2 aromatic heterocycles. The van der Waals surface area contributed by atoms with Gasteiger partial charge in [-0.3, -0.25) is 14.8 Å². The number of hydrogen-bond acceptors (Lipinski definition) is 6. The normalized spacial score (nSPS) is 10.7. The molecule has 22 heavy (non-hydrogen) atoms. The molecule has 0 spiro atoms. The highest BCUT2D eigenvalue weighted by Gasteiger charge is 2.17. The maximum absolute atomic E-state index is 12.8. The zero-order valence-corrected chi connectivity index (χ0v) is 12.0. The Kier molecular flexibility index (Phi) is 4.67. The van der Waals surface area contributed by atoms with Crippen molar-refractivity contribution in [3.05, 3.63) is 45.4 Å². The fourth-order valence-electron chi connectivity index (χ4n) is 1.67. The smallest absolute Gasteiger partial charge is 0.258 e. The number of aromatic nitrogens is 3. The van der Waals surface area contributed by atoms with Crippen molar-refractivity contribution < 1.29 is 13.7 Å². The summed E-state index contributed by atoms with van der Waals surface area (Å²) in [7, 11) is 0. The lowest BCUT2D eigenvalue weighted by Gasteiger charge is -2.08. The van der Waals surface area contributed by atoms with Crippen molar-refractivity contribution in [2.75, 3.05) is 0 Å². The summed E-state index contributed by atoms with van der Waals surface area (Å²) in [6, 6.07) is 3.10. The van der Waals surface area contributed by atoms with Gasteiger partial charge in [0.2, 0.25) is 0 Å². The third-order valence-corrected chi connectivity index (χ3v) is 3.67. The molecule has 0 N–H and O–H groups in total. The Hall–Kier alpha value is -2.54. The van der Waals surface area contributed by atoms with E-state index < -0.39 is 17.0 Å². The molecule has 0 aromatic carbocycles. The zero-order valence-electron chi connectivity index (χ0n) is 11.2. The van der Waals surface area contributed by atoms with Gasteiger partial charge >= 0.3 is 5.69 Å². The number of alkyl halides is 2. The van der Waals surface area contributed by atoms with E-state index in [-0.39, 0.29) is 22.2 Å². The number of pyridine rings is 1. The van der Waals surface area contributed by atoms with Crippen LogP contribution in [0.25, 0.3) is 0 Å². The number of nitriles is 1. The molecule has 0 aliphatic carbocycles. The molecule has 7 nitrogen and oxygen atoms in total. The summed E-state index contributed by atoms with van der Waals surface area (Å²) in [6.07, 6.45) is -0.445. The van der Waals surface area contributed by atoms with E-state index in [0.29, 0.717) is 5.56 Å². The average Bonchev–Trinajstić information content (AvgIpc) is 2.93. The van der Waals surface area contributed by atoms with Crippen molar-refractivity contribution in [2.24, 2.45) is 0 Å². The average molecular weight is 325 g/mol. The van der Waals surface area contributed by atoms with E-state index in [1.165, 1.54) is 16.9 Å². The molecule has 0 saturated carbocycles. The molecular formula is C12H9F2N5O2S. The Bertz CT molecular complexity index is 756. The summed E-state index contributed by atoms with van der Waals surface area (Å²) in [5.41, 5.74) is 0.0230. The Morgan fingerprint density at radius 2 is 2.32 bits per heavy atom. The molecule has 0 bridgehead atoms. The molecule has 2 aromatic rings. The van der Waals surface area contributed by atoms with Crippen LogP contribution in [0.5, 0.6) is 0 Å².